The third-order valence-electron chi connectivity index (χ3n) is 16.4. The Morgan fingerprint density at radius 1 is 0.259 bits per heavy atom. The largest absolute Gasteiger partial charge is 0.472 e. The summed E-state index contributed by atoms with van der Waals surface area (Å²) in [5.74, 6) is -2.44. The second-order valence-corrected chi connectivity index (χ2v) is 29.8. The number of hydrogen-bond acceptors (Lipinski definition) is 15. The summed E-state index contributed by atoms with van der Waals surface area (Å²) < 4.78 is 68.6. The number of phosphoric acid groups is 2. The number of unbranched alkanes of at least 4 members (excludes halogenated alkanes) is 14. The second kappa shape index (κ2) is 82.4. The summed E-state index contributed by atoms with van der Waals surface area (Å²) in [6.07, 6.45) is 105. The van der Waals surface area contributed by atoms with Crippen LogP contribution in [0.1, 0.15) is 285 Å². The van der Waals surface area contributed by atoms with E-state index in [-0.39, 0.29) is 25.7 Å². The first kappa shape index (κ1) is 105. The lowest BCUT2D eigenvalue weighted by Gasteiger charge is -2.21. The van der Waals surface area contributed by atoms with Gasteiger partial charge in [0.15, 0.2) is 12.2 Å². The number of aliphatic hydroxyl groups is 1. The van der Waals surface area contributed by atoms with Gasteiger partial charge in [-0.25, -0.2) is 9.13 Å². The Morgan fingerprint density at radius 3 is 0.804 bits per heavy atom. The van der Waals surface area contributed by atoms with Gasteiger partial charge >= 0.3 is 39.5 Å². The van der Waals surface area contributed by atoms with Crippen LogP contribution < -0.4 is 0 Å². The second-order valence-electron chi connectivity index (χ2n) is 26.9. The third-order valence-corrected chi connectivity index (χ3v) is 18.3. The van der Waals surface area contributed by atoms with E-state index in [1.165, 1.54) is 38.5 Å². The molecule has 112 heavy (non-hydrogen) atoms. The molecule has 0 amide bonds. The zero-order valence-corrected chi connectivity index (χ0v) is 70.8. The Kier molecular flexibility index (Phi) is 77.5. The molecule has 0 aromatic heterocycles. The predicted molar refractivity (Wildman–Crippen MR) is 463 cm³/mol. The zero-order chi connectivity index (χ0) is 81.7. The average Bonchev–Trinajstić information content (AvgIpc) is 0.898. The van der Waals surface area contributed by atoms with Gasteiger partial charge in [-0.05, 0) is 173 Å². The molecule has 630 valence electrons. The first-order chi connectivity index (χ1) is 54.7. The predicted octanol–water partition coefficient (Wildman–Crippen LogP) is 25.2. The first-order valence-electron chi connectivity index (χ1n) is 42.0. The Bertz CT molecular complexity index is 2990. The van der Waals surface area contributed by atoms with E-state index in [0.29, 0.717) is 38.5 Å². The number of ether oxygens (including phenoxy) is 4. The van der Waals surface area contributed by atoms with Crippen LogP contribution in [0.2, 0.25) is 0 Å². The first-order valence-corrected chi connectivity index (χ1v) is 45.0. The molecule has 0 rings (SSSR count). The summed E-state index contributed by atoms with van der Waals surface area (Å²) in [4.78, 5) is 73.2. The van der Waals surface area contributed by atoms with E-state index in [2.05, 4.69) is 210 Å². The fourth-order valence-electron chi connectivity index (χ4n) is 10.2. The van der Waals surface area contributed by atoms with Crippen LogP contribution in [-0.4, -0.2) is 96.7 Å². The minimum Gasteiger partial charge on any atom is -0.462 e. The lowest BCUT2D eigenvalue weighted by Crippen LogP contribution is -2.30. The fraction of sp³-hybridized carbons (Fsp3) is 0.570. The van der Waals surface area contributed by atoms with Crippen molar-refractivity contribution >= 4 is 39.5 Å². The molecule has 0 saturated carbocycles. The molecular formula is C93H146O17P2. The highest BCUT2D eigenvalue weighted by atomic mass is 31.2. The minimum atomic E-state index is -5.03. The van der Waals surface area contributed by atoms with Crippen LogP contribution in [0.25, 0.3) is 0 Å². The number of rotatable bonds is 76. The smallest absolute Gasteiger partial charge is 0.462 e. The van der Waals surface area contributed by atoms with E-state index < -0.39 is 97.5 Å². The molecule has 17 nitrogen and oxygen atoms in total. The lowest BCUT2D eigenvalue weighted by molar-refractivity contribution is -0.161. The lowest BCUT2D eigenvalue weighted by atomic mass is 10.1. The topological polar surface area (TPSA) is 237 Å². The van der Waals surface area contributed by atoms with Gasteiger partial charge in [0, 0.05) is 25.7 Å². The van der Waals surface area contributed by atoms with E-state index >= 15 is 0 Å². The maximum Gasteiger partial charge on any atom is 0.472 e. The Morgan fingerprint density at radius 2 is 0.482 bits per heavy atom. The van der Waals surface area contributed by atoms with Gasteiger partial charge in [0.05, 0.1) is 26.4 Å². The molecule has 0 saturated heterocycles. The standard InChI is InChI=1S/C93H146O17P2/c1-5-9-13-17-21-25-29-33-37-40-43-46-50-53-57-61-65-69-73-77-90(95)103-83-88(109-92(97)79-75-71-67-63-59-55-49-36-32-28-24-20-16-12-8-4)85-107-111(99,100)105-81-87(94)82-106-112(101,102)108-86-89(110-93(98)80-76-72-68-64-60-56-52-48-45-42-39-35-31-27-23-19-15-11-7-3)84-104-91(96)78-74-70-66-62-58-54-51-47-44-41-38-34-30-26-22-18-14-10-6-2/h9-11,13-15,21-23,25-27,33-39,43-49,53-54,56-58,60,66,68,70,72,87-89,94H,5-8,12,16-20,24,28-32,40-42,50-52,55,59,61-65,67,69,71,73-86H2,1-4H3,(H,99,100)(H,101,102)/b13-9-,14-10-,15-11-,25-21-,26-22-,27-23-,37-33-,38-34-,39-35-,46-43-,47-44-,48-45-,49-36-,57-53-,58-54-,60-56-,70-66-,72-68-/t87-,88+,89+/m0/s1. The van der Waals surface area contributed by atoms with Gasteiger partial charge in [-0.3, -0.25) is 37.3 Å². The normalized spacial score (nSPS) is 14.9. The molecular weight excluding hydrogens is 1450 g/mol. The Hall–Kier alpha value is -6.62. The number of hydrogen-bond donors (Lipinski definition) is 3. The molecule has 0 aromatic rings. The summed E-state index contributed by atoms with van der Waals surface area (Å²) in [6.45, 7) is 4.29. The molecule has 0 aromatic carbocycles. The SMILES string of the molecule is CC/C=C\C/C=C\C/C=C\C/C=C\C/C=C\C/C=C\CCC(=O)OC[C@H](COP(=O)(O)OC[C@@H](O)COP(=O)(O)OC[C@@H](COC(=O)CCCCC/C=C\C/C=C\C/C=C\C/C=C\C/C=C\CC)OC(=O)CCCCCCC/C=C\CCCCCCCC)OC(=O)CC/C=C\C/C=C\C/C=C\C/C=C\C/C=C\C/C=C\CC. The van der Waals surface area contributed by atoms with E-state index in [1.54, 1.807) is 0 Å². The number of phosphoric ester groups is 2. The highest BCUT2D eigenvalue weighted by Gasteiger charge is 2.30. The number of aliphatic hydroxyl groups excluding tert-OH is 1. The maximum absolute atomic E-state index is 13.1. The third kappa shape index (κ3) is 81.4. The molecule has 5 atom stereocenters. The van der Waals surface area contributed by atoms with Gasteiger partial charge in [-0.2, -0.15) is 0 Å². The molecule has 0 aliphatic carbocycles. The highest BCUT2D eigenvalue weighted by molar-refractivity contribution is 7.47. The van der Waals surface area contributed by atoms with Gasteiger partial charge in [0.2, 0.25) is 0 Å². The fourth-order valence-corrected chi connectivity index (χ4v) is 11.8. The number of esters is 4. The van der Waals surface area contributed by atoms with E-state index in [1.807, 2.05) is 36.5 Å². The van der Waals surface area contributed by atoms with Crippen molar-refractivity contribution in [3.63, 3.8) is 0 Å². The zero-order valence-electron chi connectivity index (χ0n) is 69.0. The summed E-state index contributed by atoms with van der Waals surface area (Å²) in [5, 5.41) is 10.7. The highest BCUT2D eigenvalue weighted by Crippen LogP contribution is 2.45. The summed E-state index contributed by atoms with van der Waals surface area (Å²) in [7, 11) is -10.0. The van der Waals surface area contributed by atoms with Crippen molar-refractivity contribution in [3.05, 3.63) is 219 Å². The van der Waals surface area contributed by atoms with Gasteiger partial charge in [0.25, 0.3) is 0 Å². The molecule has 3 N–H and O–H groups in total. The number of carbonyl (C=O) groups is 4. The van der Waals surface area contributed by atoms with E-state index in [0.717, 1.165) is 154 Å². The van der Waals surface area contributed by atoms with Crippen molar-refractivity contribution in [3.8, 4) is 0 Å². The van der Waals surface area contributed by atoms with Crippen LogP contribution in [-0.2, 0) is 65.4 Å². The van der Waals surface area contributed by atoms with Crippen LogP contribution in [0.15, 0.2) is 219 Å². The van der Waals surface area contributed by atoms with Crippen molar-refractivity contribution in [1.29, 1.82) is 0 Å². The number of allylic oxidation sites excluding steroid dienone is 36. The van der Waals surface area contributed by atoms with Crippen molar-refractivity contribution in [2.24, 2.45) is 0 Å². The average molecular weight is 1600 g/mol. The summed E-state index contributed by atoms with van der Waals surface area (Å²) in [5.41, 5.74) is 0. The molecule has 0 aliphatic heterocycles. The van der Waals surface area contributed by atoms with Gasteiger partial charge in [0.1, 0.15) is 19.3 Å². The molecule has 2 unspecified atom stereocenters. The quantitative estimate of drug-likeness (QED) is 0.0169. The molecule has 0 aliphatic rings. The monoisotopic (exact) mass is 1600 g/mol. The summed E-state index contributed by atoms with van der Waals surface area (Å²) in [6, 6.07) is 0. The molecule has 0 heterocycles. The Labute approximate surface area is 677 Å². The van der Waals surface area contributed by atoms with Gasteiger partial charge < -0.3 is 33.8 Å². The van der Waals surface area contributed by atoms with Crippen molar-refractivity contribution < 1.29 is 80.2 Å². The van der Waals surface area contributed by atoms with Crippen LogP contribution >= 0.6 is 15.6 Å². The molecule has 0 fully saturated rings. The maximum atomic E-state index is 13.1. The van der Waals surface area contributed by atoms with E-state index in [4.69, 9.17) is 37.0 Å². The molecule has 0 radical (unpaired) electrons. The molecule has 19 heteroatoms. The molecule has 0 spiro atoms. The molecule has 0 bridgehead atoms. The van der Waals surface area contributed by atoms with Crippen LogP contribution in [0.4, 0.5) is 0 Å². The Balaban J connectivity index is 5.58. The van der Waals surface area contributed by atoms with Crippen LogP contribution in [0, 0.1) is 0 Å². The van der Waals surface area contributed by atoms with Crippen molar-refractivity contribution in [1.82, 2.24) is 0 Å². The summed E-state index contributed by atoms with van der Waals surface area (Å²) >= 11 is 0. The van der Waals surface area contributed by atoms with Crippen molar-refractivity contribution in [2.45, 2.75) is 303 Å². The van der Waals surface area contributed by atoms with Crippen molar-refractivity contribution in [2.75, 3.05) is 39.6 Å². The minimum absolute atomic E-state index is 0.0101. The van der Waals surface area contributed by atoms with Crippen LogP contribution in [0.3, 0.4) is 0 Å². The number of carbonyl (C=O) groups excluding carboxylic acids is 4. The van der Waals surface area contributed by atoms with E-state index in [9.17, 15) is 43.2 Å². The van der Waals surface area contributed by atoms with Gasteiger partial charge in [-0.1, -0.05) is 304 Å². The van der Waals surface area contributed by atoms with Crippen LogP contribution in [0.5, 0.6) is 0 Å². The van der Waals surface area contributed by atoms with Gasteiger partial charge in [-0.15, -0.1) is 0 Å².